The van der Waals surface area contributed by atoms with E-state index in [1.807, 2.05) is 53.6 Å². The molecule has 0 aliphatic carbocycles. The number of amides is 1. The Labute approximate surface area is 211 Å². The number of benzene rings is 2. The number of aromatic nitrogens is 3. The topological polar surface area (TPSA) is 54.3 Å². The predicted octanol–water partition coefficient (Wildman–Crippen LogP) is 5.66. The molecule has 2 aromatic carbocycles. The van der Waals surface area contributed by atoms with E-state index >= 15 is 0 Å². The smallest absolute Gasteiger partial charge is 0.240 e. The summed E-state index contributed by atoms with van der Waals surface area (Å²) in [4.78, 5) is 17.9. The van der Waals surface area contributed by atoms with Gasteiger partial charge >= 0.3 is 0 Å². The third kappa shape index (κ3) is 5.76. The number of hydrogen-bond donors (Lipinski definition) is 0. The molecule has 1 amide bonds. The third-order valence-corrected chi connectivity index (χ3v) is 7.86. The van der Waals surface area contributed by atoms with Crippen molar-refractivity contribution >= 4 is 17.7 Å². The van der Waals surface area contributed by atoms with E-state index in [4.69, 9.17) is 0 Å². The number of carbonyl (C=O) groups is 1. The highest BCUT2D eigenvalue weighted by Gasteiger charge is 2.31. The molecule has 4 rings (SSSR count). The fourth-order valence-corrected chi connectivity index (χ4v) is 5.77. The standard InChI is InChI=1S/C27H34FN5OS/c1-4-31(5-2)26(34)24(21-12-8-6-9-13-21)35-27-30-29-25(20(3)32-18-10-7-11-19-32)33(27)23-16-14-22(28)15-17-23/h6,8-9,12-17,20,24H,4-5,7,10-11,18-19H2,1-3H3/t20-,24-/m0/s1. The average Bonchev–Trinajstić information content (AvgIpc) is 3.32. The second kappa shape index (κ2) is 11.8. The van der Waals surface area contributed by atoms with Gasteiger partial charge in [0.15, 0.2) is 11.0 Å². The minimum Gasteiger partial charge on any atom is -0.342 e. The molecule has 186 valence electrons. The van der Waals surface area contributed by atoms with Crippen molar-refractivity contribution in [1.82, 2.24) is 24.6 Å². The molecule has 0 radical (unpaired) electrons. The van der Waals surface area contributed by atoms with Gasteiger partial charge in [0, 0.05) is 18.8 Å². The van der Waals surface area contributed by atoms with Gasteiger partial charge in [-0.15, -0.1) is 10.2 Å². The second-order valence-corrected chi connectivity index (χ2v) is 9.92. The zero-order valence-corrected chi connectivity index (χ0v) is 21.5. The number of rotatable bonds is 9. The largest absolute Gasteiger partial charge is 0.342 e. The summed E-state index contributed by atoms with van der Waals surface area (Å²) in [5, 5.41) is 9.36. The molecule has 1 aromatic heterocycles. The minimum atomic E-state index is -0.461. The van der Waals surface area contributed by atoms with Crippen LogP contribution in [0.25, 0.3) is 5.69 Å². The summed E-state index contributed by atoms with van der Waals surface area (Å²) in [6, 6.07) is 16.3. The molecule has 0 N–H and O–H groups in total. The number of nitrogens with zero attached hydrogens (tertiary/aromatic N) is 5. The zero-order valence-electron chi connectivity index (χ0n) is 20.7. The molecule has 3 aromatic rings. The van der Waals surface area contributed by atoms with Crippen molar-refractivity contribution in [3.63, 3.8) is 0 Å². The minimum absolute atomic E-state index is 0.0467. The first-order valence-corrected chi connectivity index (χ1v) is 13.4. The van der Waals surface area contributed by atoms with Gasteiger partial charge in [-0.25, -0.2) is 4.39 Å². The number of hydrogen-bond acceptors (Lipinski definition) is 5. The highest BCUT2D eigenvalue weighted by Crippen LogP contribution is 2.38. The summed E-state index contributed by atoms with van der Waals surface area (Å²) in [5.74, 6) is 0.564. The maximum Gasteiger partial charge on any atom is 0.240 e. The number of piperidine rings is 1. The van der Waals surface area contributed by atoms with Crippen LogP contribution in [0.3, 0.4) is 0 Å². The van der Waals surface area contributed by atoms with Crippen LogP contribution in [0.2, 0.25) is 0 Å². The fourth-order valence-electron chi connectivity index (χ4n) is 4.63. The van der Waals surface area contributed by atoms with Gasteiger partial charge < -0.3 is 4.90 Å². The van der Waals surface area contributed by atoms with E-state index in [2.05, 4.69) is 22.0 Å². The summed E-state index contributed by atoms with van der Waals surface area (Å²) in [6.45, 7) is 9.46. The van der Waals surface area contributed by atoms with Crippen molar-refractivity contribution in [1.29, 1.82) is 0 Å². The Bertz CT molecular complexity index is 1090. The van der Waals surface area contributed by atoms with E-state index in [9.17, 15) is 9.18 Å². The van der Waals surface area contributed by atoms with Gasteiger partial charge in [0.25, 0.3) is 0 Å². The molecule has 2 atom stereocenters. The summed E-state index contributed by atoms with van der Waals surface area (Å²) in [6.07, 6.45) is 3.59. The van der Waals surface area contributed by atoms with E-state index in [0.717, 1.165) is 30.2 Å². The lowest BCUT2D eigenvalue weighted by Crippen LogP contribution is -2.34. The first-order chi connectivity index (χ1) is 17.0. The van der Waals surface area contributed by atoms with Gasteiger partial charge in [-0.3, -0.25) is 14.3 Å². The molecule has 2 heterocycles. The Kier molecular flexibility index (Phi) is 8.57. The quantitative estimate of drug-likeness (QED) is 0.359. The molecule has 6 nitrogen and oxygen atoms in total. The molecule has 8 heteroatoms. The molecule has 0 unspecified atom stereocenters. The maximum absolute atomic E-state index is 13.8. The van der Waals surface area contributed by atoms with Crippen molar-refractivity contribution in [2.24, 2.45) is 0 Å². The van der Waals surface area contributed by atoms with Gasteiger partial charge in [-0.05, 0) is 76.5 Å². The Balaban J connectivity index is 1.76. The summed E-state index contributed by atoms with van der Waals surface area (Å²) >= 11 is 1.41. The first kappa shape index (κ1) is 25.4. The summed E-state index contributed by atoms with van der Waals surface area (Å²) < 4.78 is 15.8. The Morgan fingerprint density at radius 2 is 1.66 bits per heavy atom. The molecule has 0 spiro atoms. The van der Waals surface area contributed by atoms with E-state index in [1.54, 1.807) is 12.1 Å². The summed E-state index contributed by atoms with van der Waals surface area (Å²) in [7, 11) is 0. The van der Waals surface area contributed by atoms with Crippen molar-refractivity contribution in [2.75, 3.05) is 26.2 Å². The molecule has 1 aliphatic rings. The van der Waals surface area contributed by atoms with Gasteiger partial charge in [0.2, 0.25) is 5.91 Å². The Morgan fingerprint density at radius 1 is 1.00 bits per heavy atom. The van der Waals surface area contributed by atoms with E-state index < -0.39 is 5.25 Å². The van der Waals surface area contributed by atoms with E-state index in [0.29, 0.717) is 18.2 Å². The van der Waals surface area contributed by atoms with Crippen LogP contribution in [0.1, 0.15) is 62.7 Å². The van der Waals surface area contributed by atoms with Gasteiger partial charge in [-0.2, -0.15) is 0 Å². The molecule has 1 fully saturated rings. The second-order valence-electron chi connectivity index (χ2n) is 8.84. The number of halogens is 1. The van der Waals surface area contributed by atoms with Crippen molar-refractivity contribution in [3.05, 3.63) is 71.8 Å². The van der Waals surface area contributed by atoms with Crippen LogP contribution in [0.15, 0.2) is 59.8 Å². The number of likely N-dealkylation sites (tertiary alicyclic amines) is 1. The Hall–Kier alpha value is -2.71. The molecule has 1 aliphatic heterocycles. The highest BCUT2D eigenvalue weighted by molar-refractivity contribution is 8.00. The number of carbonyl (C=O) groups excluding carboxylic acids is 1. The molecule has 35 heavy (non-hydrogen) atoms. The van der Waals surface area contributed by atoms with Gasteiger partial charge in [0.05, 0.1) is 6.04 Å². The lowest BCUT2D eigenvalue weighted by Gasteiger charge is -2.32. The molecular formula is C27H34FN5OS. The van der Waals surface area contributed by atoms with Crippen LogP contribution in [0, 0.1) is 5.82 Å². The van der Waals surface area contributed by atoms with Crippen molar-refractivity contribution in [2.45, 2.75) is 56.5 Å². The SMILES string of the molecule is CCN(CC)C(=O)[C@@H](Sc1nnc([C@H](C)N2CCCCC2)n1-c1ccc(F)cc1)c1ccccc1. The van der Waals surface area contributed by atoms with Crippen LogP contribution in [0.4, 0.5) is 4.39 Å². The maximum atomic E-state index is 13.8. The van der Waals surface area contributed by atoms with Crippen molar-refractivity contribution < 1.29 is 9.18 Å². The number of likely N-dealkylation sites (N-methyl/N-ethyl adjacent to an activating group) is 1. The van der Waals surface area contributed by atoms with Crippen molar-refractivity contribution in [3.8, 4) is 5.69 Å². The van der Waals surface area contributed by atoms with Gasteiger partial charge in [-0.1, -0.05) is 48.5 Å². The lowest BCUT2D eigenvalue weighted by molar-refractivity contribution is -0.130. The number of thioether (sulfide) groups is 1. The van der Waals surface area contributed by atoms with Gasteiger partial charge in [0.1, 0.15) is 11.1 Å². The first-order valence-electron chi connectivity index (χ1n) is 12.5. The van der Waals surface area contributed by atoms with Crippen LogP contribution >= 0.6 is 11.8 Å². The van der Waals surface area contributed by atoms with E-state index in [1.165, 1.54) is 43.2 Å². The highest BCUT2D eigenvalue weighted by atomic mass is 32.2. The third-order valence-electron chi connectivity index (χ3n) is 6.68. The lowest BCUT2D eigenvalue weighted by atomic mass is 10.1. The van der Waals surface area contributed by atoms with Crippen LogP contribution in [-0.2, 0) is 4.79 Å². The zero-order chi connectivity index (χ0) is 24.8. The molecule has 1 saturated heterocycles. The molecular weight excluding hydrogens is 461 g/mol. The van der Waals surface area contributed by atoms with E-state index in [-0.39, 0.29) is 17.8 Å². The summed E-state index contributed by atoms with van der Waals surface area (Å²) in [5.41, 5.74) is 1.72. The Morgan fingerprint density at radius 3 is 2.29 bits per heavy atom. The molecule has 0 saturated carbocycles. The fraction of sp³-hybridized carbons (Fsp3) is 0.444. The normalized spacial score (nSPS) is 16.1. The predicted molar refractivity (Wildman–Crippen MR) is 138 cm³/mol. The molecule has 0 bridgehead atoms. The van der Waals surface area contributed by atoms with Crippen LogP contribution in [0.5, 0.6) is 0 Å². The monoisotopic (exact) mass is 495 g/mol. The van der Waals surface area contributed by atoms with Crippen LogP contribution in [-0.4, -0.2) is 56.7 Å². The van der Waals surface area contributed by atoms with Crippen LogP contribution < -0.4 is 0 Å². The average molecular weight is 496 g/mol.